The fourth-order valence-corrected chi connectivity index (χ4v) is 6.28. The lowest BCUT2D eigenvalue weighted by atomic mass is 10.2. The van der Waals surface area contributed by atoms with Crippen molar-refractivity contribution in [1.82, 2.24) is 9.62 Å². The molecule has 0 bridgehead atoms. The number of hydrogen-bond donors (Lipinski definition) is 1. The summed E-state index contributed by atoms with van der Waals surface area (Å²) in [5.74, 6) is 0.881. The van der Waals surface area contributed by atoms with E-state index in [1.807, 2.05) is 0 Å². The fourth-order valence-electron chi connectivity index (χ4n) is 3.92. The van der Waals surface area contributed by atoms with Crippen LogP contribution < -0.4 is 23.8 Å². The second-order valence-electron chi connectivity index (χ2n) is 8.38. The van der Waals surface area contributed by atoms with Gasteiger partial charge in [-0.3, -0.25) is 9.10 Å². The molecular formula is C23H29N3O8S2. The van der Waals surface area contributed by atoms with Crippen molar-refractivity contribution in [2.24, 2.45) is 0 Å². The van der Waals surface area contributed by atoms with Crippen molar-refractivity contribution in [2.75, 3.05) is 56.6 Å². The van der Waals surface area contributed by atoms with E-state index in [0.29, 0.717) is 43.6 Å². The summed E-state index contributed by atoms with van der Waals surface area (Å²) in [6.07, 6.45) is 2.75. The Hall–Kier alpha value is -3.03. The first kappa shape index (κ1) is 26.0. The molecule has 0 atom stereocenters. The second kappa shape index (κ2) is 10.9. The van der Waals surface area contributed by atoms with Crippen LogP contribution >= 0.6 is 0 Å². The predicted octanol–water partition coefficient (Wildman–Crippen LogP) is 1.20. The van der Waals surface area contributed by atoms with Gasteiger partial charge in [-0.2, -0.15) is 4.31 Å². The highest BCUT2D eigenvalue weighted by molar-refractivity contribution is 7.92. The minimum absolute atomic E-state index is 0.118. The maximum atomic E-state index is 12.6. The van der Waals surface area contributed by atoms with Crippen LogP contribution in [-0.4, -0.2) is 79.3 Å². The molecule has 2 aromatic rings. The molecule has 0 spiro atoms. The Kier molecular flexibility index (Phi) is 7.91. The smallest absolute Gasteiger partial charge is 0.243 e. The van der Waals surface area contributed by atoms with Gasteiger partial charge in [0.05, 0.1) is 23.4 Å². The quantitative estimate of drug-likeness (QED) is 0.446. The zero-order chi connectivity index (χ0) is 25.8. The molecule has 2 aliphatic heterocycles. The molecule has 1 saturated heterocycles. The normalized spacial score (nSPS) is 15.9. The monoisotopic (exact) mass is 539 g/mol. The van der Waals surface area contributed by atoms with Crippen molar-refractivity contribution in [1.29, 1.82) is 0 Å². The number of ether oxygens (including phenoxy) is 3. The Labute approximate surface area is 211 Å². The molecule has 0 aromatic heterocycles. The summed E-state index contributed by atoms with van der Waals surface area (Å²) < 4.78 is 68.9. The maximum absolute atomic E-state index is 12.6. The van der Waals surface area contributed by atoms with Crippen molar-refractivity contribution >= 4 is 31.6 Å². The van der Waals surface area contributed by atoms with Crippen molar-refractivity contribution < 1.29 is 35.8 Å². The highest BCUT2D eigenvalue weighted by Gasteiger charge is 2.27. The number of anilines is 1. The van der Waals surface area contributed by atoms with Gasteiger partial charge in [-0.25, -0.2) is 16.8 Å². The third-order valence-corrected chi connectivity index (χ3v) is 8.77. The van der Waals surface area contributed by atoms with Crippen LogP contribution in [0.4, 0.5) is 5.69 Å². The van der Waals surface area contributed by atoms with Crippen LogP contribution in [0.25, 0.3) is 0 Å². The van der Waals surface area contributed by atoms with E-state index >= 15 is 0 Å². The lowest BCUT2D eigenvalue weighted by Crippen LogP contribution is -2.41. The van der Waals surface area contributed by atoms with Crippen molar-refractivity contribution in [3.05, 3.63) is 42.5 Å². The topological polar surface area (TPSA) is 132 Å². The fraction of sp³-hybridized carbons (Fsp3) is 0.435. The van der Waals surface area contributed by atoms with Crippen LogP contribution in [0, 0.1) is 0 Å². The van der Waals surface area contributed by atoms with Gasteiger partial charge in [0.15, 0.2) is 11.5 Å². The van der Waals surface area contributed by atoms with Crippen LogP contribution in [-0.2, 0) is 24.8 Å². The van der Waals surface area contributed by atoms with E-state index in [9.17, 15) is 21.6 Å². The number of fused-ring (bicyclic) bond motifs is 1. The van der Waals surface area contributed by atoms with Gasteiger partial charge in [0.25, 0.3) is 0 Å². The molecule has 0 aliphatic carbocycles. The number of carbonyl (C=O) groups excluding carboxylic acids is 1. The summed E-state index contributed by atoms with van der Waals surface area (Å²) >= 11 is 0. The number of rotatable bonds is 10. The van der Waals surface area contributed by atoms with Crippen LogP contribution in [0.5, 0.6) is 17.2 Å². The number of sulfonamides is 2. The Morgan fingerprint density at radius 3 is 2.33 bits per heavy atom. The zero-order valence-corrected chi connectivity index (χ0v) is 21.5. The Bertz CT molecular complexity index is 1290. The third kappa shape index (κ3) is 6.20. The van der Waals surface area contributed by atoms with Gasteiger partial charge in [0.1, 0.15) is 32.1 Å². The molecule has 1 amide bonds. The molecular weight excluding hydrogens is 510 g/mol. The van der Waals surface area contributed by atoms with E-state index in [1.165, 1.54) is 22.5 Å². The standard InChI is InChI=1S/C23H29N3O8S2/c1-35(28,29)26(18-4-9-21-22(16-18)34-15-14-33-21)17-23(27)24-10-13-32-19-5-7-20(8-6-19)36(30,31)25-11-2-3-12-25/h4-9,16H,2-3,10-15,17H2,1H3,(H,24,27). The predicted molar refractivity (Wildman–Crippen MR) is 133 cm³/mol. The lowest BCUT2D eigenvalue weighted by Gasteiger charge is -2.24. The summed E-state index contributed by atoms with van der Waals surface area (Å²) in [5.41, 5.74) is 0.289. The molecule has 0 unspecified atom stereocenters. The van der Waals surface area contributed by atoms with E-state index in [0.717, 1.165) is 23.4 Å². The number of amides is 1. The number of carbonyl (C=O) groups is 1. The number of nitrogens with zero attached hydrogens (tertiary/aromatic N) is 2. The van der Waals surface area contributed by atoms with Gasteiger partial charge in [-0.05, 0) is 49.2 Å². The van der Waals surface area contributed by atoms with Gasteiger partial charge in [0.2, 0.25) is 26.0 Å². The highest BCUT2D eigenvalue weighted by Crippen LogP contribution is 2.34. The van der Waals surface area contributed by atoms with Gasteiger partial charge >= 0.3 is 0 Å². The van der Waals surface area contributed by atoms with E-state index in [2.05, 4.69) is 5.32 Å². The summed E-state index contributed by atoms with van der Waals surface area (Å²) in [7, 11) is -7.23. The first-order valence-electron chi connectivity index (χ1n) is 11.5. The maximum Gasteiger partial charge on any atom is 0.243 e. The van der Waals surface area contributed by atoms with Crippen molar-refractivity contribution in [2.45, 2.75) is 17.7 Å². The molecule has 0 radical (unpaired) electrons. The molecule has 13 heteroatoms. The van der Waals surface area contributed by atoms with Gasteiger partial charge in [-0.1, -0.05) is 0 Å². The van der Waals surface area contributed by atoms with Crippen LogP contribution in [0.3, 0.4) is 0 Å². The van der Waals surface area contributed by atoms with Crippen LogP contribution in [0.15, 0.2) is 47.4 Å². The van der Waals surface area contributed by atoms with Crippen molar-refractivity contribution in [3.63, 3.8) is 0 Å². The second-order valence-corrected chi connectivity index (χ2v) is 12.2. The van der Waals surface area contributed by atoms with E-state index in [-0.39, 0.29) is 23.7 Å². The molecule has 196 valence electrons. The minimum atomic E-state index is -3.74. The summed E-state index contributed by atoms with van der Waals surface area (Å²) in [6.45, 7) is 1.67. The highest BCUT2D eigenvalue weighted by atomic mass is 32.2. The van der Waals surface area contributed by atoms with Gasteiger partial charge < -0.3 is 19.5 Å². The zero-order valence-electron chi connectivity index (χ0n) is 19.9. The molecule has 2 aromatic carbocycles. The van der Waals surface area contributed by atoms with E-state index in [1.54, 1.807) is 24.3 Å². The van der Waals surface area contributed by atoms with Gasteiger partial charge in [-0.15, -0.1) is 0 Å². The van der Waals surface area contributed by atoms with E-state index < -0.39 is 32.5 Å². The summed E-state index contributed by atoms with van der Waals surface area (Å²) in [6, 6.07) is 10.8. The average molecular weight is 540 g/mol. The largest absolute Gasteiger partial charge is 0.492 e. The van der Waals surface area contributed by atoms with Gasteiger partial charge in [0, 0.05) is 19.2 Å². The molecule has 4 rings (SSSR count). The average Bonchev–Trinajstić information content (AvgIpc) is 3.41. The Morgan fingerprint density at radius 2 is 1.67 bits per heavy atom. The molecule has 1 fully saturated rings. The van der Waals surface area contributed by atoms with E-state index in [4.69, 9.17) is 14.2 Å². The van der Waals surface area contributed by atoms with Crippen LogP contribution in [0.2, 0.25) is 0 Å². The van der Waals surface area contributed by atoms with Crippen LogP contribution in [0.1, 0.15) is 12.8 Å². The SMILES string of the molecule is CS(=O)(=O)N(CC(=O)NCCOc1ccc(S(=O)(=O)N2CCCC2)cc1)c1ccc2c(c1)OCCO2. The molecule has 1 N–H and O–H groups in total. The summed E-state index contributed by atoms with van der Waals surface area (Å²) in [5, 5.41) is 2.63. The number of hydrogen-bond acceptors (Lipinski definition) is 8. The lowest BCUT2D eigenvalue weighted by molar-refractivity contribution is -0.119. The third-order valence-electron chi connectivity index (χ3n) is 5.72. The summed E-state index contributed by atoms with van der Waals surface area (Å²) in [4.78, 5) is 12.7. The Balaban J connectivity index is 1.28. The molecule has 11 nitrogen and oxygen atoms in total. The Morgan fingerprint density at radius 1 is 1.00 bits per heavy atom. The molecule has 0 saturated carbocycles. The van der Waals surface area contributed by atoms with Crippen molar-refractivity contribution in [3.8, 4) is 17.2 Å². The molecule has 36 heavy (non-hydrogen) atoms. The molecule has 2 aliphatic rings. The number of benzene rings is 2. The number of nitrogens with one attached hydrogen (secondary N) is 1. The first-order valence-corrected chi connectivity index (χ1v) is 14.8. The minimum Gasteiger partial charge on any atom is -0.492 e. The first-order chi connectivity index (χ1) is 17.1. The molecule has 2 heterocycles.